The van der Waals surface area contributed by atoms with Crippen LogP contribution in [-0.2, 0) is 0 Å². The summed E-state index contributed by atoms with van der Waals surface area (Å²) in [5.41, 5.74) is 2.49. The molecule has 2 rings (SSSR count). The first-order chi connectivity index (χ1) is 10.0. The molecule has 112 valence electrons. The second-order valence-electron chi connectivity index (χ2n) is 4.88. The Morgan fingerprint density at radius 2 is 2.00 bits per heavy atom. The second kappa shape index (κ2) is 7.09. The summed E-state index contributed by atoms with van der Waals surface area (Å²) < 4.78 is 27.2. The summed E-state index contributed by atoms with van der Waals surface area (Å²) in [4.78, 5) is 4.28. The third-order valence-corrected chi connectivity index (χ3v) is 4.05. The van der Waals surface area contributed by atoms with E-state index >= 15 is 0 Å². The highest BCUT2D eigenvalue weighted by atomic mass is 79.9. The molecule has 0 saturated carbocycles. The number of hydrogen-bond acceptors (Lipinski definition) is 2. The van der Waals surface area contributed by atoms with Gasteiger partial charge in [-0.1, -0.05) is 19.1 Å². The van der Waals surface area contributed by atoms with E-state index < -0.39 is 11.6 Å². The van der Waals surface area contributed by atoms with Crippen molar-refractivity contribution < 1.29 is 8.78 Å². The predicted octanol–water partition coefficient (Wildman–Crippen LogP) is 4.52. The van der Waals surface area contributed by atoms with Gasteiger partial charge in [0, 0.05) is 11.9 Å². The molecule has 1 heterocycles. The third kappa shape index (κ3) is 3.66. The van der Waals surface area contributed by atoms with Gasteiger partial charge in [0.25, 0.3) is 0 Å². The van der Waals surface area contributed by atoms with Crippen LogP contribution in [-0.4, -0.2) is 11.5 Å². The van der Waals surface area contributed by atoms with Crippen LogP contribution in [0.25, 0.3) is 0 Å². The standard InChI is InChI=1S/C16H17BrF2N2/c1-3-8-20-16(11-5-4-10(2)21-9-11)12-6-7-13(18)15(19)14(12)17/h4-7,9,16,20H,3,8H2,1-2H3. The minimum atomic E-state index is -0.865. The summed E-state index contributed by atoms with van der Waals surface area (Å²) in [5, 5.41) is 3.35. The zero-order valence-corrected chi connectivity index (χ0v) is 13.5. The van der Waals surface area contributed by atoms with Crippen LogP contribution in [0.15, 0.2) is 34.9 Å². The number of pyridine rings is 1. The zero-order valence-electron chi connectivity index (χ0n) is 12.0. The van der Waals surface area contributed by atoms with E-state index in [1.807, 2.05) is 19.1 Å². The van der Waals surface area contributed by atoms with Crippen LogP contribution < -0.4 is 5.32 Å². The average Bonchev–Trinajstić information content (AvgIpc) is 2.48. The summed E-state index contributed by atoms with van der Waals surface area (Å²) in [6.45, 7) is 4.73. The number of nitrogens with one attached hydrogen (secondary N) is 1. The van der Waals surface area contributed by atoms with Crippen LogP contribution in [0.3, 0.4) is 0 Å². The molecule has 0 fully saturated rings. The molecule has 1 aromatic carbocycles. The molecule has 2 nitrogen and oxygen atoms in total. The van der Waals surface area contributed by atoms with Crippen LogP contribution >= 0.6 is 15.9 Å². The molecule has 0 aliphatic heterocycles. The quantitative estimate of drug-likeness (QED) is 0.798. The van der Waals surface area contributed by atoms with Gasteiger partial charge in [-0.05, 0) is 59.1 Å². The van der Waals surface area contributed by atoms with Gasteiger partial charge in [0.1, 0.15) is 0 Å². The first-order valence-corrected chi connectivity index (χ1v) is 7.63. The maximum atomic E-state index is 13.8. The van der Waals surface area contributed by atoms with Gasteiger partial charge in [0.05, 0.1) is 10.5 Å². The van der Waals surface area contributed by atoms with Gasteiger partial charge in [0.15, 0.2) is 11.6 Å². The van der Waals surface area contributed by atoms with E-state index in [4.69, 9.17) is 0 Å². The van der Waals surface area contributed by atoms with E-state index in [0.29, 0.717) is 5.56 Å². The molecule has 21 heavy (non-hydrogen) atoms. The van der Waals surface area contributed by atoms with E-state index in [2.05, 4.69) is 33.2 Å². The molecule has 1 unspecified atom stereocenters. The van der Waals surface area contributed by atoms with Crippen molar-refractivity contribution in [3.05, 3.63) is 63.4 Å². The molecule has 0 amide bonds. The van der Waals surface area contributed by atoms with Crippen molar-refractivity contribution in [3.63, 3.8) is 0 Å². The van der Waals surface area contributed by atoms with Crippen molar-refractivity contribution in [3.8, 4) is 0 Å². The van der Waals surface area contributed by atoms with Crippen molar-refractivity contribution >= 4 is 15.9 Å². The van der Waals surface area contributed by atoms with Gasteiger partial charge in [-0.25, -0.2) is 8.78 Å². The Kier molecular flexibility index (Phi) is 5.42. The number of rotatable bonds is 5. The van der Waals surface area contributed by atoms with Crippen LogP contribution in [0, 0.1) is 18.6 Å². The van der Waals surface area contributed by atoms with Crippen LogP contribution in [0.4, 0.5) is 8.78 Å². The topological polar surface area (TPSA) is 24.9 Å². The van der Waals surface area contributed by atoms with E-state index in [1.54, 1.807) is 12.3 Å². The number of aromatic nitrogens is 1. The first kappa shape index (κ1) is 16.0. The largest absolute Gasteiger partial charge is 0.306 e. The lowest BCUT2D eigenvalue weighted by molar-refractivity contribution is 0.497. The van der Waals surface area contributed by atoms with Crippen molar-refractivity contribution in [1.29, 1.82) is 0 Å². The fourth-order valence-electron chi connectivity index (χ4n) is 2.11. The average molecular weight is 355 g/mol. The van der Waals surface area contributed by atoms with Crippen molar-refractivity contribution in [2.45, 2.75) is 26.3 Å². The van der Waals surface area contributed by atoms with E-state index in [9.17, 15) is 8.78 Å². The molecule has 0 aliphatic rings. The summed E-state index contributed by atoms with van der Waals surface area (Å²) in [7, 11) is 0. The fourth-order valence-corrected chi connectivity index (χ4v) is 2.66. The number of halogens is 3. The first-order valence-electron chi connectivity index (χ1n) is 6.84. The maximum absolute atomic E-state index is 13.8. The lowest BCUT2D eigenvalue weighted by Gasteiger charge is -2.21. The van der Waals surface area contributed by atoms with E-state index in [-0.39, 0.29) is 10.5 Å². The smallest absolute Gasteiger partial charge is 0.173 e. The Morgan fingerprint density at radius 1 is 1.24 bits per heavy atom. The van der Waals surface area contributed by atoms with Gasteiger partial charge >= 0.3 is 0 Å². The number of benzene rings is 1. The van der Waals surface area contributed by atoms with Gasteiger partial charge < -0.3 is 5.32 Å². The minimum absolute atomic E-state index is 0.150. The summed E-state index contributed by atoms with van der Waals surface area (Å²) in [6, 6.07) is 6.36. The molecule has 5 heteroatoms. The van der Waals surface area contributed by atoms with Crippen LogP contribution in [0.1, 0.15) is 36.2 Å². The molecular formula is C16H17BrF2N2. The summed E-state index contributed by atoms with van der Waals surface area (Å²) in [5.74, 6) is -1.72. The SMILES string of the molecule is CCCNC(c1ccc(C)nc1)c1ccc(F)c(F)c1Br. The minimum Gasteiger partial charge on any atom is -0.306 e. The van der Waals surface area contributed by atoms with E-state index in [0.717, 1.165) is 30.3 Å². The lowest BCUT2D eigenvalue weighted by atomic mass is 9.99. The lowest BCUT2D eigenvalue weighted by Crippen LogP contribution is -2.24. The zero-order chi connectivity index (χ0) is 15.4. The fraction of sp³-hybridized carbons (Fsp3) is 0.312. The molecule has 2 aromatic rings. The van der Waals surface area contributed by atoms with Crippen molar-refractivity contribution in [1.82, 2.24) is 10.3 Å². The van der Waals surface area contributed by atoms with Gasteiger partial charge in [-0.3, -0.25) is 4.98 Å². The molecule has 0 radical (unpaired) electrons. The molecule has 0 bridgehead atoms. The monoisotopic (exact) mass is 354 g/mol. The summed E-state index contributed by atoms with van der Waals surface area (Å²) in [6.07, 6.45) is 2.70. The van der Waals surface area contributed by atoms with E-state index in [1.165, 1.54) is 0 Å². The predicted molar refractivity (Wildman–Crippen MR) is 83.2 cm³/mol. The molecule has 1 atom stereocenters. The molecule has 0 saturated heterocycles. The molecule has 1 N–H and O–H groups in total. The normalized spacial score (nSPS) is 12.4. The molecule has 0 spiro atoms. The van der Waals surface area contributed by atoms with Gasteiger partial charge in [-0.15, -0.1) is 0 Å². The number of aryl methyl sites for hydroxylation is 1. The summed E-state index contributed by atoms with van der Waals surface area (Å²) >= 11 is 3.16. The molecule has 0 aliphatic carbocycles. The number of hydrogen-bond donors (Lipinski definition) is 1. The van der Waals surface area contributed by atoms with Crippen molar-refractivity contribution in [2.75, 3.05) is 6.54 Å². The highest BCUT2D eigenvalue weighted by Gasteiger charge is 2.20. The van der Waals surface area contributed by atoms with Gasteiger partial charge in [0.2, 0.25) is 0 Å². The van der Waals surface area contributed by atoms with Crippen molar-refractivity contribution in [2.24, 2.45) is 0 Å². The Balaban J connectivity index is 2.45. The Labute approximate surface area is 131 Å². The van der Waals surface area contributed by atoms with Gasteiger partial charge in [-0.2, -0.15) is 0 Å². The van der Waals surface area contributed by atoms with Crippen LogP contribution in [0.2, 0.25) is 0 Å². The third-order valence-electron chi connectivity index (χ3n) is 3.24. The molecule has 1 aromatic heterocycles. The highest BCUT2D eigenvalue weighted by Crippen LogP contribution is 2.31. The molecular weight excluding hydrogens is 338 g/mol. The highest BCUT2D eigenvalue weighted by molar-refractivity contribution is 9.10. The Hall–Kier alpha value is -1.33. The second-order valence-corrected chi connectivity index (χ2v) is 5.68. The van der Waals surface area contributed by atoms with Crippen LogP contribution in [0.5, 0.6) is 0 Å². The Bertz CT molecular complexity index is 614. The number of nitrogens with zero attached hydrogens (tertiary/aromatic N) is 1. The Morgan fingerprint density at radius 3 is 2.62 bits per heavy atom. The maximum Gasteiger partial charge on any atom is 0.173 e.